The van der Waals surface area contributed by atoms with Crippen molar-refractivity contribution in [3.8, 4) is 11.1 Å². The Labute approximate surface area is 302 Å². The number of halogens is 3. The summed E-state index contributed by atoms with van der Waals surface area (Å²) in [4.78, 5) is 68.0. The van der Waals surface area contributed by atoms with E-state index in [1.807, 2.05) is 6.92 Å². The summed E-state index contributed by atoms with van der Waals surface area (Å²) in [5, 5.41) is 5.45. The Bertz CT molecular complexity index is 1530. The summed E-state index contributed by atoms with van der Waals surface area (Å²) in [6.07, 6.45) is -2.68. The van der Waals surface area contributed by atoms with Gasteiger partial charge in [-0.25, -0.2) is 14.4 Å². The molecule has 286 valence electrons. The van der Waals surface area contributed by atoms with Gasteiger partial charge in [-0.1, -0.05) is 49.7 Å². The summed E-state index contributed by atoms with van der Waals surface area (Å²) >= 11 is 0. The fourth-order valence-electron chi connectivity index (χ4n) is 5.70. The van der Waals surface area contributed by atoms with Gasteiger partial charge in [0.1, 0.15) is 17.7 Å². The second-order valence-corrected chi connectivity index (χ2v) is 13.6. The van der Waals surface area contributed by atoms with Gasteiger partial charge in [0.25, 0.3) is 0 Å². The number of hydrogen-bond acceptors (Lipinski definition) is 8. The van der Waals surface area contributed by atoms with Crippen LogP contribution in [0.5, 0.6) is 0 Å². The van der Waals surface area contributed by atoms with E-state index >= 15 is 0 Å². The highest BCUT2D eigenvalue weighted by Crippen LogP contribution is 2.31. The lowest BCUT2D eigenvalue weighted by molar-refractivity contribution is -0.146. The van der Waals surface area contributed by atoms with E-state index in [9.17, 15) is 37.1 Å². The minimum Gasteiger partial charge on any atom is -0.469 e. The highest BCUT2D eigenvalue weighted by molar-refractivity contribution is 5.87. The Kier molecular flexibility index (Phi) is 14.9. The van der Waals surface area contributed by atoms with Crippen LogP contribution in [0.4, 0.5) is 22.8 Å². The average Bonchev–Trinajstić information content (AvgIpc) is 3.60. The van der Waals surface area contributed by atoms with Gasteiger partial charge >= 0.3 is 30.2 Å². The predicted molar refractivity (Wildman–Crippen MR) is 186 cm³/mol. The number of alkyl halides is 3. The van der Waals surface area contributed by atoms with Gasteiger partial charge in [0, 0.05) is 32.6 Å². The van der Waals surface area contributed by atoms with Gasteiger partial charge in [-0.05, 0) is 68.9 Å². The molecule has 1 aliphatic rings. The third kappa shape index (κ3) is 12.2. The summed E-state index contributed by atoms with van der Waals surface area (Å²) in [5.41, 5.74) is 0.386. The second kappa shape index (κ2) is 18.6. The predicted octanol–water partition coefficient (Wildman–Crippen LogP) is 5.57. The Hall–Kier alpha value is -4.82. The lowest BCUT2D eigenvalue weighted by atomic mass is 9.99. The van der Waals surface area contributed by atoms with Crippen molar-refractivity contribution < 1.29 is 51.4 Å². The van der Waals surface area contributed by atoms with Crippen LogP contribution >= 0.6 is 0 Å². The number of ether oxygens (including phenoxy) is 3. The molecule has 52 heavy (non-hydrogen) atoms. The summed E-state index contributed by atoms with van der Waals surface area (Å²) in [5.74, 6) is -2.81. The first-order valence-electron chi connectivity index (χ1n) is 17.2. The Morgan fingerprint density at radius 2 is 1.52 bits per heavy atom. The van der Waals surface area contributed by atoms with Crippen molar-refractivity contribution in [2.24, 2.45) is 5.92 Å². The highest BCUT2D eigenvalue weighted by atomic mass is 19.4. The lowest BCUT2D eigenvalue weighted by Crippen LogP contribution is -2.53. The summed E-state index contributed by atoms with van der Waals surface area (Å²) < 4.78 is 54.3. The molecule has 2 aromatic rings. The molecule has 2 aromatic carbocycles. The molecule has 0 aliphatic carbocycles. The molecule has 3 rings (SSSR count). The molecule has 0 unspecified atom stereocenters. The standard InChI is InChI=1S/C37H49F3N4O8/c1-7-8-19-43(23-27(32(46)50-5)22-41-31(45)30-10-9-20-44(30)35(49)52-36(2,3)4)34(48)42-29(33(47)51-6)21-24-11-13-25(14-12-24)26-15-17-28(18-16-26)37(38,39)40/h11-18,27,29-30H,7-10,19-23H2,1-6H3,(H,41,45)(H,42,48)/t27-,29+,30+/m1/s1. The zero-order valence-electron chi connectivity index (χ0n) is 30.5. The number of amides is 4. The Morgan fingerprint density at radius 1 is 0.923 bits per heavy atom. The third-order valence-corrected chi connectivity index (χ3v) is 8.47. The third-order valence-electron chi connectivity index (χ3n) is 8.47. The number of esters is 2. The first-order valence-corrected chi connectivity index (χ1v) is 17.2. The maximum atomic E-state index is 13.7. The van der Waals surface area contributed by atoms with Gasteiger partial charge in [-0.15, -0.1) is 0 Å². The number of urea groups is 1. The topological polar surface area (TPSA) is 144 Å². The number of carbonyl (C=O) groups excluding carboxylic acids is 5. The molecule has 0 saturated carbocycles. The monoisotopic (exact) mass is 734 g/mol. The van der Waals surface area contributed by atoms with Gasteiger partial charge in [-0.3, -0.25) is 14.5 Å². The molecule has 3 atom stereocenters. The Morgan fingerprint density at radius 3 is 2.06 bits per heavy atom. The van der Waals surface area contributed by atoms with Crippen LogP contribution in [-0.4, -0.2) is 97.9 Å². The van der Waals surface area contributed by atoms with E-state index in [1.54, 1.807) is 45.0 Å². The largest absolute Gasteiger partial charge is 0.469 e. The van der Waals surface area contributed by atoms with Crippen molar-refractivity contribution in [3.63, 3.8) is 0 Å². The number of nitrogens with one attached hydrogen (secondary N) is 2. The molecule has 0 radical (unpaired) electrons. The number of rotatable bonds is 14. The molecule has 1 heterocycles. The second-order valence-electron chi connectivity index (χ2n) is 13.6. The molecule has 0 spiro atoms. The number of benzene rings is 2. The van der Waals surface area contributed by atoms with E-state index < -0.39 is 65.3 Å². The molecule has 0 aromatic heterocycles. The summed E-state index contributed by atoms with van der Waals surface area (Å²) in [6, 6.07) is 9.04. The molecule has 1 fully saturated rings. The minimum absolute atomic E-state index is 0.0410. The molecule has 4 amide bonds. The van der Waals surface area contributed by atoms with Crippen LogP contribution in [0.1, 0.15) is 64.5 Å². The zero-order valence-corrected chi connectivity index (χ0v) is 30.5. The van der Waals surface area contributed by atoms with E-state index in [0.29, 0.717) is 42.5 Å². The molecular weight excluding hydrogens is 685 g/mol. The molecule has 15 heteroatoms. The van der Waals surface area contributed by atoms with E-state index in [4.69, 9.17) is 14.2 Å². The number of likely N-dealkylation sites (tertiary alicyclic amines) is 1. The normalized spacial score (nSPS) is 15.6. The highest BCUT2D eigenvalue weighted by Gasteiger charge is 2.37. The smallest absolute Gasteiger partial charge is 0.416 e. The van der Waals surface area contributed by atoms with Gasteiger partial charge in [-0.2, -0.15) is 13.2 Å². The van der Waals surface area contributed by atoms with Crippen molar-refractivity contribution in [2.75, 3.05) is 40.4 Å². The van der Waals surface area contributed by atoms with Crippen LogP contribution in [0.25, 0.3) is 11.1 Å². The quantitative estimate of drug-likeness (QED) is 0.190. The molecular formula is C37H49F3N4O8. The molecule has 0 bridgehead atoms. The van der Waals surface area contributed by atoms with E-state index in [0.717, 1.165) is 18.6 Å². The number of nitrogens with zero attached hydrogens (tertiary/aromatic N) is 2. The lowest BCUT2D eigenvalue weighted by Gasteiger charge is -2.30. The maximum Gasteiger partial charge on any atom is 0.416 e. The van der Waals surface area contributed by atoms with Crippen LogP contribution in [0.15, 0.2) is 48.5 Å². The minimum atomic E-state index is -4.44. The van der Waals surface area contributed by atoms with Crippen molar-refractivity contribution in [3.05, 3.63) is 59.7 Å². The number of methoxy groups -OCH3 is 2. The van der Waals surface area contributed by atoms with Crippen LogP contribution in [0.2, 0.25) is 0 Å². The number of hydrogen-bond donors (Lipinski definition) is 2. The zero-order chi connectivity index (χ0) is 38.6. The van der Waals surface area contributed by atoms with Crippen molar-refractivity contribution >= 4 is 30.0 Å². The van der Waals surface area contributed by atoms with Crippen molar-refractivity contribution in [2.45, 2.75) is 83.7 Å². The Balaban J connectivity index is 1.71. The van der Waals surface area contributed by atoms with Crippen LogP contribution in [0.3, 0.4) is 0 Å². The van der Waals surface area contributed by atoms with Gasteiger partial charge in [0.2, 0.25) is 5.91 Å². The molecule has 1 saturated heterocycles. The van der Waals surface area contributed by atoms with E-state index in [2.05, 4.69) is 10.6 Å². The molecule has 2 N–H and O–H groups in total. The molecule has 12 nitrogen and oxygen atoms in total. The van der Waals surface area contributed by atoms with Crippen LogP contribution in [0, 0.1) is 5.92 Å². The first kappa shape index (κ1) is 41.6. The van der Waals surface area contributed by atoms with Gasteiger partial charge < -0.3 is 29.7 Å². The number of carbonyl (C=O) groups is 5. The van der Waals surface area contributed by atoms with Gasteiger partial charge in [0.15, 0.2) is 0 Å². The molecule has 1 aliphatic heterocycles. The summed E-state index contributed by atoms with van der Waals surface area (Å²) in [7, 11) is 2.39. The van der Waals surface area contributed by atoms with Crippen LogP contribution < -0.4 is 10.6 Å². The van der Waals surface area contributed by atoms with Crippen LogP contribution in [-0.2, 0) is 41.2 Å². The van der Waals surface area contributed by atoms with Crippen molar-refractivity contribution in [1.82, 2.24) is 20.4 Å². The SMILES string of the molecule is CCCCN(C[C@@H](CNC(=O)[C@@H]1CCCN1C(=O)OC(C)(C)C)C(=O)OC)C(=O)N[C@@H](Cc1ccc(-c2ccc(C(F)(F)F)cc2)cc1)C(=O)OC. The fourth-order valence-corrected chi connectivity index (χ4v) is 5.70. The summed E-state index contributed by atoms with van der Waals surface area (Å²) in [6.45, 7) is 7.39. The van der Waals surface area contributed by atoms with Gasteiger partial charge in [0.05, 0.1) is 25.7 Å². The fraction of sp³-hybridized carbons (Fsp3) is 0.541. The average molecular weight is 735 g/mol. The first-order chi connectivity index (χ1) is 24.5. The number of unbranched alkanes of at least 4 members (excludes halogenated alkanes) is 1. The van der Waals surface area contributed by atoms with Crippen molar-refractivity contribution in [1.29, 1.82) is 0 Å². The van der Waals surface area contributed by atoms with E-state index in [-0.39, 0.29) is 26.1 Å². The maximum absolute atomic E-state index is 13.7. The van der Waals surface area contributed by atoms with E-state index in [1.165, 1.54) is 36.2 Å².